The molecule has 4 rings (SSSR count). The Labute approximate surface area is 173 Å². The molecule has 156 valence electrons. The number of benzene rings is 1. The quantitative estimate of drug-likeness (QED) is 0.727. The molecule has 0 aliphatic carbocycles. The van der Waals surface area contributed by atoms with Crippen molar-refractivity contribution in [1.29, 1.82) is 0 Å². The van der Waals surface area contributed by atoms with E-state index in [0.717, 1.165) is 10.6 Å². The minimum atomic E-state index is -0.437. The number of aromatic nitrogens is 2. The number of amides is 3. The predicted octanol–water partition coefficient (Wildman–Crippen LogP) is 2.83. The van der Waals surface area contributed by atoms with Gasteiger partial charge in [-0.05, 0) is 38.5 Å². The molecule has 1 aromatic carbocycles. The lowest BCUT2D eigenvalue weighted by molar-refractivity contribution is 0.0558. The van der Waals surface area contributed by atoms with Crippen LogP contribution < -0.4 is 0 Å². The highest BCUT2D eigenvalue weighted by Crippen LogP contribution is 2.27. The zero-order chi connectivity index (χ0) is 21.6. The number of halogens is 1. The Morgan fingerprint density at radius 2 is 1.67 bits per heavy atom. The summed E-state index contributed by atoms with van der Waals surface area (Å²) in [6.07, 6.45) is 2.52. The van der Waals surface area contributed by atoms with E-state index in [1.807, 2.05) is 20.8 Å². The average molecular weight is 410 g/mol. The molecule has 0 radical (unpaired) electrons. The summed E-state index contributed by atoms with van der Waals surface area (Å²) in [7, 11) is 0. The number of hydrogen-bond donors (Lipinski definition) is 0. The van der Waals surface area contributed by atoms with Crippen LogP contribution >= 0.6 is 0 Å². The third-order valence-electron chi connectivity index (χ3n) is 5.55. The fraction of sp³-hybridized carbons (Fsp3) is 0.364. The largest absolute Gasteiger partial charge is 0.333 e. The SMILES string of the molecule is CC(C)(C)N1CCc2c(cnn2C/C(=C/F)CN2C(=O)c3ccccc3C2=O)C1=O. The fourth-order valence-corrected chi connectivity index (χ4v) is 3.99. The molecule has 0 atom stereocenters. The van der Waals surface area contributed by atoms with E-state index in [2.05, 4.69) is 5.10 Å². The van der Waals surface area contributed by atoms with Crippen LogP contribution in [0.5, 0.6) is 0 Å². The van der Waals surface area contributed by atoms with Gasteiger partial charge in [0.15, 0.2) is 0 Å². The highest BCUT2D eigenvalue weighted by molar-refractivity contribution is 6.21. The highest BCUT2D eigenvalue weighted by Gasteiger charge is 2.36. The second kappa shape index (κ2) is 7.19. The number of carbonyl (C=O) groups is 3. The Balaban J connectivity index is 1.53. The number of hydrogen-bond acceptors (Lipinski definition) is 4. The third-order valence-corrected chi connectivity index (χ3v) is 5.55. The molecule has 2 aliphatic heterocycles. The predicted molar refractivity (Wildman–Crippen MR) is 108 cm³/mol. The summed E-state index contributed by atoms with van der Waals surface area (Å²) in [5.41, 5.74) is 1.82. The standard InChI is InChI=1S/C22H23FN4O3/c1-22(2,3)26-9-8-18-17(21(26)30)11-24-27(18)13-14(10-23)12-25-19(28)15-6-4-5-7-16(15)20(25)29/h4-7,10-11H,8-9,12-13H2,1-3H3/b14-10+. The van der Waals surface area contributed by atoms with Crippen molar-refractivity contribution in [2.24, 2.45) is 0 Å². The van der Waals surface area contributed by atoms with Crippen LogP contribution in [0.4, 0.5) is 4.39 Å². The molecule has 0 spiro atoms. The monoisotopic (exact) mass is 410 g/mol. The van der Waals surface area contributed by atoms with E-state index in [0.29, 0.717) is 36.0 Å². The number of rotatable bonds is 4. The van der Waals surface area contributed by atoms with Crippen molar-refractivity contribution in [1.82, 2.24) is 19.6 Å². The van der Waals surface area contributed by atoms with E-state index in [9.17, 15) is 18.8 Å². The summed E-state index contributed by atoms with van der Waals surface area (Å²) >= 11 is 0. The first-order chi connectivity index (χ1) is 14.2. The van der Waals surface area contributed by atoms with E-state index in [4.69, 9.17) is 0 Å². The molecule has 0 saturated carbocycles. The molecule has 0 unspecified atom stereocenters. The van der Waals surface area contributed by atoms with Crippen molar-refractivity contribution in [3.8, 4) is 0 Å². The molecule has 8 heteroatoms. The van der Waals surface area contributed by atoms with Crippen LogP contribution in [0.15, 0.2) is 42.4 Å². The van der Waals surface area contributed by atoms with Crippen LogP contribution in [0.2, 0.25) is 0 Å². The first-order valence-corrected chi connectivity index (χ1v) is 9.82. The normalized spacial score (nSPS) is 16.9. The molecule has 7 nitrogen and oxygen atoms in total. The first-order valence-electron chi connectivity index (χ1n) is 9.82. The second-order valence-corrected chi connectivity index (χ2v) is 8.55. The van der Waals surface area contributed by atoms with Gasteiger partial charge in [-0.3, -0.25) is 24.0 Å². The van der Waals surface area contributed by atoms with Crippen molar-refractivity contribution < 1.29 is 18.8 Å². The van der Waals surface area contributed by atoms with Gasteiger partial charge < -0.3 is 4.90 Å². The maximum atomic E-state index is 13.7. The molecule has 0 saturated heterocycles. The summed E-state index contributed by atoms with van der Waals surface area (Å²) in [5.74, 6) is -0.969. The van der Waals surface area contributed by atoms with E-state index in [1.54, 1.807) is 33.8 Å². The van der Waals surface area contributed by atoms with Gasteiger partial charge in [-0.2, -0.15) is 5.10 Å². The Bertz CT molecular complexity index is 1050. The first kappa shape index (κ1) is 20.0. The second-order valence-electron chi connectivity index (χ2n) is 8.55. The Morgan fingerprint density at radius 1 is 1.03 bits per heavy atom. The van der Waals surface area contributed by atoms with Gasteiger partial charge in [-0.1, -0.05) is 12.1 Å². The Morgan fingerprint density at radius 3 is 2.23 bits per heavy atom. The Kier molecular flexibility index (Phi) is 4.80. The summed E-state index contributed by atoms with van der Waals surface area (Å²) in [4.78, 5) is 40.7. The van der Waals surface area contributed by atoms with Gasteiger partial charge in [0.05, 0.1) is 48.0 Å². The van der Waals surface area contributed by atoms with Crippen molar-refractivity contribution in [2.45, 2.75) is 39.3 Å². The summed E-state index contributed by atoms with van der Waals surface area (Å²) in [6.45, 7) is 6.38. The van der Waals surface area contributed by atoms with E-state index < -0.39 is 11.8 Å². The molecule has 2 aromatic rings. The third kappa shape index (κ3) is 3.22. The Hall–Kier alpha value is -3.29. The lowest BCUT2D eigenvalue weighted by Crippen LogP contribution is -2.49. The van der Waals surface area contributed by atoms with Gasteiger partial charge in [0.2, 0.25) is 0 Å². The summed E-state index contributed by atoms with van der Waals surface area (Å²) in [6, 6.07) is 6.55. The van der Waals surface area contributed by atoms with Crippen LogP contribution in [-0.4, -0.2) is 55.9 Å². The lowest BCUT2D eigenvalue weighted by atomic mass is 9.99. The van der Waals surface area contributed by atoms with Crippen molar-refractivity contribution >= 4 is 17.7 Å². The van der Waals surface area contributed by atoms with E-state index in [-0.39, 0.29) is 30.1 Å². The topological polar surface area (TPSA) is 75.5 Å². The van der Waals surface area contributed by atoms with Crippen LogP contribution in [-0.2, 0) is 13.0 Å². The molecule has 0 fully saturated rings. The molecule has 1 aromatic heterocycles. The van der Waals surface area contributed by atoms with Gasteiger partial charge in [0.25, 0.3) is 17.7 Å². The van der Waals surface area contributed by atoms with Gasteiger partial charge in [0, 0.05) is 18.5 Å². The van der Waals surface area contributed by atoms with Gasteiger partial charge >= 0.3 is 0 Å². The molecular weight excluding hydrogens is 387 g/mol. The highest BCUT2D eigenvalue weighted by atomic mass is 19.1. The molecule has 30 heavy (non-hydrogen) atoms. The average Bonchev–Trinajstić information content (AvgIpc) is 3.22. The van der Waals surface area contributed by atoms with E-state index >= 15 is 0 Å². The van der Waals surface area contributed by atoms with Crippen LogP contribution in [0.3, 0.4) is 0 Å². The maximum Gasteiger partial charge on any atom is 0.261 e. The van der Waals surface area contributed by atoms with Gasteiger partial charge in [-0.15, -0.1) is 0 Å². The van der Waals surface area contributed by atoms with Crippen molar-refractivity contribution in [3.05, 3.63) is 64.7 Å². The zero-order valence-electron chi connectivity index (χ0n) is 17.2. The number of nitrogens with zero attached hydrogens (tertiary/aromatic N) is 4. The molecular formula is C22H23FN4O3. The molecule has 3 amide bonds. The molecule has 0 N–H and O–H groups in total. The molecule has 2 aliphatic rings. The van der Waals surface area contributed by atoms with Gasteiger partial charge in [-0.25, -0.2) is 4.39 Å². The number of carbonyl (C=O) groups excluding carboxylic acids is 3. The fourth-order valence-electron chi connectivity index (χ4n) is 3.99. The summed E-state index contributed by atoms with van der Waals surface area (Å²) < 4.78 is 15.3. The maximum absolute atomic E-state index is 13.7. The molecule has 3 heterocycles. The van der Waals surface area contributed by atoms with Crippen LogP contribution in [0.1, 0.15) is 57.5 Å². The van der Waals surface area contributed by atoms with Gasteiger partial charge in [0.1, 0.15) is 0 Å². The smallest absolute Gasteiger partial charge is 0.261 e. The lowest BCUT2D eigenvalue weighted by Gasteiger charge is -2.38. The summed E-state index contributed by atoms with van der Waals surface area (Å²) in [5, 5.41) is 4.28. The minimum absolute atomic E-state index is 0.0576. The van der Waals surface area contributed by atoms with Crippen molar-refractivity contribution in [2.75, 3.05) is 13.1 Å². The minimum Gasteiger partial charge on any atom is -0.333 e. The van der Waals surface area contributed by atoms with E-state index in [1.165, 1.54) is 6.20 Å². The molecule has 0 bridgehead atoms. The number of imide groups is 1. The van der Waals surface area contributed by atoms with Crippen LogP contribution in [0, 0.1) is 0 Å². The van der Waals surface area contributed by atoms with Crippen molar-refractivity contribution in [3.63, 3.8) is 0 Å². The van der Waals surface area contributed by atoms with Crippen LogP contribution in [0.25, 0.3) is 0 Å². The zero-order valence-corrected chi connectivity index (χ0v) is 17.2. The number of fused-ring (bicyclic) bond motifs is 2.